The molecule has 0 bridgehead atoms. The van der Waals surface area contributed by atoms with Gasteiger partial charge in [-0.15, -0.1) is 11.8 Å². The number of amides is 2. The van der Waals surface area contributed by atoms with Gasteiger partial charge in [0.2, 0.25) is 5.91 Å². The molecule has 0 saturated heterocycles. The van der Waals surface area contributed by atoms with Gasteiger partial charge in [-0.2, -0.15) is 0 Å². The first-order chi connectivity index (χ1) is 12.1. The third kappa shape index (κ3) is 5.90. The Balaban J connectivity index is 1.90. The number of para-hydroxylation sites is 1. The van der Waals surface area contributed by atoms with Crippen molar-refractivity contribution in [2.45, 2.75) is 19.1 Å². The van der Waals surface area contributed by atoms with Crippen LogP contribution in [0, 0.1) is 5.82 Å². The first-order valence-electron chi connectivity index (χ1n) is 8.10. The number of carbonyl (C=O) groups is 2. The molecule has 0 aliphatic carbocycles. The number of hydrogen-bond acceptors (Lipinski definition) is 3. The van der Waals surface area contributed by atoms with Crippen LogP contribution in [0.25, 0.3) is 0 Å². The van der Waals surface area contributed by atoms with Crippen LogP contribution < -0.4 is 10.6 Å². The molecule has 4 nitrogen and oxygen atoms in total. The molecule has 25 heavy (non-hydrogen) atoms. The summed E-state index contributed by atoms with van der Waals surface area (Å²) in [5.74, 6) is -0.111. The van der Waals surface area contributed by atoms with Crippen molar-refractivity contribution in [1.82, 2.24) is 5.32 Å². The predicted molar refractivity (Wildman–Crippen MR) is 100 cm³/mol. The third-order valence-corrected chi connectivity index (χ3v) is 4.41. The smallest absolute Gasteiger partial charge is 0.253 e. The minimum absolute atomic E-state index is 0.180. The molecular formula is C19H21FN2O2S. The maximum Gasteiger partial charge on any atom is 0.253 e. The van der Waals surface area contributed by atoms with Gasteiger partial charge in [-0.25, -0.2) is 4.39 Å². The molecule has 2 amide bonds. The summed E-state index contributed by atoms with van der Waals surface area (Å²) >= 11 is 1.32. The van der Waals surface area contributed by atoms with Crippen molar-refractivity contribution in [3.05, 3.63) is 65.5 Å². The predicted octanol–water partition coefficient (Wildman–Crippen LogP) is 3.84. The van der Waals surface area contributed by atoms with Crippen molar-refractivity contribution in [1.29, 1.82) is 0 Å². The van der Waals surface area contributed by atoms with Crippen LogP contribution in [-0.2, 0) is 10.5 Å². The van der Waals surface area contributed by atoms with E-state index in [2.05, 4.69) is 10.6 Å². The topological polar surface area (TPSA) is 58.2 Å². The molecule has 0 saturated carbocycles. The second-order valence-corrected chi connectivity index (χ2v) is 6.42. The van der Waals surface area contributed by atoms with Crippen LogP contribution in [0.1, 0.15) is 29.3 Å². The lowest BCUT2D eigenvalue weighted by Crippen LogP contribution is -2.26. The molecule has 0 atom stereocenters. The fraction of sp³-hybridized carbons (Fsp3) is 0.263. The molecule has 2 N–H and O–H groups in total. The molecule has 2 aromatic rings. The molecule has 2 rings (SSSR count). The van der Waals surface area contributed by atoms with Gasteiger partial charge in [0.15, 0.2) is 0 Å². The van der Waals surface area contributed by atoms with Crippen LogP contribution in [0.3, 0.4) is 0 Å². The molecule has 6 heteroatoms. The number of nitrogens with one attached hydrogen (secondary N) is 2. The Morgan fingerprint density at radius 3 is 2.56 bits per heavy atom. The minimum Gasteiger partial charge on any atom is -0.352 e. The van der Waals surface area contributed by atoms with Gasteiger partial charge in [0.05, 0.1) is 17.0 Å². The number of carbonyl (C=O) groups excluding carboxylic acids is 2. The van der Waals surface area contributed by atoms with Crippen molar-refractivity contribution in [3.8, 4) is 0 Å². The van der Waals surface area contributed by atoms with Gasteiger partial charge >= 0.3 is 0 Å². The normalized spacial score (nSPS) is 10.3. The molecule has 0 radical (unpaired) electrons. The molecule has 0 aromatic heterocycles. The van der Waals surface area contributed by atoms with Crippen molar-refractivity contribution in [2.75, 3.05) is 17.6 Å². The Labute approximate surface area is 151 Å². The van der Waals surface area contributed by atoms with Crippen LogP contribution in [-0.4, -0.2) is 24.1 Å². The molecule has 0 heterocycles. The lowest BCUT2D eigenvalue weighted by Gasteiger charge is -2.11. The van der Waals surface area contributed by atoms with E-state index in [1.165, 1.54) is 17.8 Å². The fourth-order valence-corrected chi connectivity index (χ4v) is 2.99. The van der Waals surface area contributed by atoms with Crippen molar-refractivity contribution in [2.24, 2.45) is 0 Å². The summed E-state index contributed by atoms with van der Waals surface area (Å²) in [6.45, 7) is 2.56. The Kier molecular flexibility index (Phi) is 7.47. The highest BCUT2D eigenvalue weighted by Crippen LogP contribution is 2.18. The first-order valence-corrected chi connectivity index (χ1v) is 9.25. The summed E-state index contributed by atoms with van der Waals surface area (Å²) < 4.78 is 13.5. The number of benzene rings is 2. The van der Waals surface area contributed by atoms with Crippen LogP contribution in [0.2, 0.25) is 0 Å². The van der Waals surface area contributed by atoms with Crippen LogP contribution >= 0.6 is 11.8 Å². The van der Waals surface area contributed by atoms with Crippen LogP contribution in [0.4, 0.5) is 10.1 Å². The Morgan fingerprint density at radius 2 is 1.80 bits per heavy atom. The number of halogens is 1. The molecule has 0 aliphatic heterocycles. The zero-order valence-electron chi connectivity index (χ0n) is 14.0. The highest BCUT2D eigenvalue weighted by molar-refractivity contribution is 7.99. The third-order valence-electron chi connectivity index (χ3n) is 3.43. The van der Waals surface area contributed by atoms with Gasteiger partial charge < -0.3 is 10.6 Å². The van der Waals surface area contributed by atoms with E-state index < -0.39 is 0 Å². The number of thioether (sulfide) groups is 1. The van der Waals surface area contributed by atoms with E-state index in [0.717, 1.165) is 6.42 Å². The van der Waals surface area contributed by atoms with E-state index in [4.69, 9.17) is 0 Å². The maximum absolute atomic E-state index is 13.5. The van der Waals surface area contributed by atoms with Gasteiger partial charge in [0, 0.05) is 12.3 Å². The maximum atomic E-state index is 13.5. The molecular weight excluding hydrogens is 339 g/mol. The highest BCUT2D eigenvalue weighted by atomic mass is 32.2. The largest absolute Gasteiger partial charge is 0.352 e. The van der Waals surface area contributed by atoms with Crippen LogP contribution in [0.5, 0.6) is 0 Å². The fourth-order valence-electron chi connectivity index (χ4n) is 2.18. The first kappa shape index (κ1) is 19.0. The second-order valence-electron chi connectivity index (χ2n) is 5.43. The summed E-state index contributed by atoms with van der Waals surface area (Å²) in [6, 6.07) is 13.4. The Bertz CT molecular complexity index is 737. The van der Waals surface area contributed by atoms with Gasteiger partial charge in [-0.05, 0) is 30.2 Å². The van der Waals surface area contributed by atoms with Gasteiger partial charge in [-0.1, -0.05) is 37.3 Å². The zero-order valence-corrected chi connectivity index (χ0v) is 14.9. The van der Waals surface area contributed by atoms with Gasteiger partial charge in [-0.3, -0.25) is 9.59 Å². The summed E-state index contributed by atoms with van der Waals surface area (Å²) in [5, 5.41) is 5.55. The lowest BCUT2D eigenvalue weighted by atomic mass is 10.1. The zero-order chi connectivity index (χ0) is 18.1. The quantitative estimate of drug-likeness (QED) is 0.752. The molecule has 0 fully saturated rings. The van der Waals surface area contributed by atoms with Crippen molar-refractivity contribution >= 4 is 29.3 Å². The number of hydrogen-bond donors (Lipinski definition) is 2. The van der Waals surface area contributed by atoms with Crippen LogP contribution in [0.15, 0.2) is 48.5 Å². The summed E-state index contributed by atoms with van der Waals surface area (Å²) in [4.78, 5) is 24.3. The van der Waals surface area contributed by atoms with Gasteiger partial charge in [0.1, 0.15) is 5.82 Å². The molecule has 2 aromatic carbocycles. The SMILES string of the molecule is CCCNC(=O)c1ccccc1NC(=O)CSCc1ccccc1F. The average Bonchev–Trinajstić information content (AvgIpc) is 2.62. The molecule has 0 unspecified atom stereocenters. The van der Waals surface area contributed by atoms with Crippen molar-refractivity contribution in [3.63, 3.8) is 0 Å². The molecule has 0 spiro atoms. The number of anilines is 1. The van der Waals surface area contributed by atoms with Crippen molar-refractivity contribution < 1.29 is 14.0 Å². The standard InChI is InChI=1S/C19H21FN2O2S/c1-2-11-21-19(24)15-8-4-6-10-17(15)22-18(23)13-25-12-14-7-3-5-9-16(14)20/h3-10H,2,11-13H2,1H3,(H,21,24)(H,22,23). The molecule has 132 valence electrons. The van der Waals surface area contributed by atoms with E-state index in [-0.39, 0.29) is 23.4 Å². The second kappa shape index (κ2) is 9.84. The monoisotopic (exact) mass is 360 g/mol. The lowest BCUT2D eigenvalue weighted by molar-refractivity contribution is -0.113. The van der Waals surface area contributed by atoms with E-state index in [9.17, 15) is 14.0 Å². The highest BCUT2D eigenvalue weighted by Gasteiger charge is 2.12. The number of rotatable bonds is 8. The average molecular weight is 360 g/mol. The van der Waals surface area contributed by atoms with Gasteiger partial charge in [0.25, 0.3) is 5.91 Å². The van der Waals surface area contributed by atoms with E-state index in [1.54, 1.807) is 42.5 Å². The summed E-state index contributed by atoms with van der Waals surface area (Å²) in [6.07, 6.45) is 0.840. The minimum atomic E-state index is -0.270. The van der Waals surface area contributed by atoms with E-state index in [1.807, 2.05) is 6.92 Å². The summed E-state index contributed by atoms with van der Waals surface area (Å²) in [5.41, 5.74) is 1.48. The molecule has 0 aliphatic rings. The summed E-state index contributed by atoms with van der Waals surface area (Å²) in [7, 11) is 0. The van der Waals surface area contributed by atoms with E-state index in [0.29, 0.717) is 29.1 Å². The van der Waals surface area contributed by atoms with E-state index >= 15 is 0 Å². The Morgan fingerprint density at radius 1 is 1.08 bits per heavy atom. The Hall–Kier alpha value is -2.34.